The molecule has 0 aliphatic carbocycles. The zero-order valence-corrected chi connectivity index (χ0v) is 11.5. The van der Waals surface area contributed by atoms with Crippen LogP contribution in [0.3, 0.4) is 0 Å². The lowest BCUT2D eigenvalue weighted by Crippen LogP contribution is -1.96. The number of hydrogen-bond acceptors (Lipinski definition) is 2. The molecule has 3 aromatic rings. The van der Waals surface area contributed by atoms with Gasteiger partial charge in [0, 0.05) is 17.4 Å². The number of aromatic amines is 1. The summed E-state index contributed by atoms with van der Waals surface area (Å²) in [5, 5.41) is 1.18. The summed E-state index contributed by atoms with van der Waals surface area (Å²) in [5.74, 6) is 0.921. The molecule has 102 valence electrons. The van der Waals surface area contributed by atoms with E-state index >= 15 is 0 Å². The first kappa shape index (κ1) is 12.8. The summed E-state index contributed by atoms with van der Waals surface area (Å²) in [4.78, 5) is 3.38. The van der Waals surface area contributed by atoms with Crippen molar-refractivity contribution in [2.24, 2.45) is 5.73 Å². The Morgan fingerprint density at radius 3 is 2.75 bits per heavy atom. The third kappa shape index (κ3) is 2.40. The predicted octanol–water partition coefficient (Wildman–Crippen LogP) is 3.51. The molecule has 0 bridgehead atoms. The van der Waals surface area contributed by atoms with E-state index < -0.39 is 0 Å². The monoisotopic (exact) mass is 266 g/mol. The molecular weight excluding hydrogens is 248 g/mol. The molecule has 1 aromatic heterocycles. The van der Waals surface area contributed by atoms with Crippen molar-refractivity contribution in [3.63, 3.8) is 0 Å². The fourth-order valence-electron chi connectivity index (χ4n) is 2.41. The quantitative estimate of drug-likeness (QED) is 0.759. The molecule has 0 atom stereocenters. The Morgan fingerprint density at radius 1 is 1.10 bits per heavy atom. The highest BCUT2D eigenvalue weighted by Crippen LogP contribution is 2.22. The summed E-state index contributed by atoms with van der Waals surface area (Å²) in [6, 6.07) is 16.3. The molecule has 0 fully saturated rings. The summed E-state index contributed by atoms with van der Waals surface area (Å²) < 4.78 is 5.86. The average molecular weight is 266 g/mol. The van der Waals surface area contributed by atoms with Gasteiger partial charge in [0.15, 0.2) is 0 Å². The van der Waals surface area contributed by atoms with Gasteiger partial charge in [-0.15, -0.1) is 0 Å². The Morgan fingerprint density at radius 2 is 1.95 bits per heavy atom. The second-order valence-electron chi connectivity index (χ2n) is 4.93. The number of aryl methyl sites for hydroxylation is 1. The molecule has 0 aliphatic rings. The normalized spacial score (nSPS) is 10.9. The molecule has 1 heterocycles. The van der Waals surface area contributed by atoms with Gasteiger partial charge < -0.3 is 15.5 Å². The molecule has 0 saturated carbocycles. The van der Waals surface area contributed by atoms with E-state index in [1.807, 2.05) is 37.3 Å². The van der Waals surface area contributed by atoms with Crippen LogP contribution in [0.4, 0.5) is 0 Å². The Hall–Kier alpha value is -2.26. The van der Waals surface area contributed by atoms with Gasteiger partial charge in [-0.1, -0.05) is 30.3 Å². The third-order valence-corrected chi connectivity index (χ3v) is 3.51. The fourth-order valence-corrected chi connectivity index (χ4v) is 2.41. The second kappa shape index (κ2) is 5.39. The van der Waals surface area contributed by atoms with Crippen molar-refractivity contribution in [1.29, 1.82) is 0 Å². The molecule has 3 rings (SSSR count). The number of H-pyrrole nitrogens is 1. The minimum Gasteiger partial charge on any atom is -0.487 e. The van der Waals surface area contributed by atoms with Crippen LogP contribution in [-0.4, -0.2) is 4.98 Å². The van der Waals surface area contributed by atoms with E-state index in [9.17, 15) is 0 Å². The van der Waals surface area contributed by atoms with Crippen molar-refractivity contribution >= 4 is 10.9 Å². The van der Waals surface area contributed by atoms with Gasteiger partial charge in [0.2, 0.25) is 0 Å². The third-order valence-electron chi connectivity index (χ3n) is 3.51. The topological polar surface area (TPSA) is 51.0 Å². The van der Waals surface area contributed by atoms with Gasteiger partial charge in [-0.05, 0) is 36.2 Å². The molecule has 3 nitrogen and oxygen atoms in total. The fraction of sp³-hybridized carbons (Fsp3) is 0.176. The minimum absolute atomic E-state index is 0.531. The van der Waals surface area contributed by atoms with Gasteiger partial charge in [-0.3, -0.25) is 0 Å². The van der Waals surface area contributed by atoms with Crippen molar-refractivity contribution in [1.82, 2.24) is 4.98 Å². The van der Waals surface area contributed by atoms with Gasteiger partial charge >= 0.3 is 0 Å². The van der Waals surface area contributed by atoms with E-state index in [1.165, 1.54) is 5.39 Å². The molecule has 20 heavy (non-hydrogen) atoms. The number of rotatable bonds is 4. The van der Waals surface area contributed by atoms with Crippen LogP contribution in [0.5, 0.6) is 5.75 Å². The van der Waals surface area contributed by atoms with E-state index in [4.69, 9.17) is 10.5 Å². The molecule has 0 unspecified atom stereocenters. The summed E-state index contributed by atoms with van der Waals surface area (Å²) >= 11 is 0. The first-order chi connectivity index (χ1) is 9.78. The number of nitrogens with two attached hydrogens (primary N) is 1. The van der Waals surface area contributed by atoms with Gasteiger partial charge in [0.25, 0.3) is 0 Å². The maximum atomic E-state index is 5.86. The van der Waals surface area contributed by atoms with Crippen molar-refractivity contribution in [2.45, 2.75) is 20.1 Å². The van der Waals surface area contributed by atoms with Crippen LogP contribution in [0.25, 0.3) is 10.9 Å². The lowest BCUT2D eigenvalue weighted by Gasteiger charge is -2.07. The summed E-state index contributed by atoms with van der Waals surface area (Å²) in [5.41, 5.74) is 10.2. The largest absolute Gasteiger partial charge is 0.487 e. The van der Waals surface area contributed by atoms with Crippen LogP contribution >= 0.6 is 0 Å². The van der Waals surface area contributed by atoms with Crippen LogP contribution in [0.15, 0.2) is 48.5 Å². The highest BCUT2D eigenvalue weighted by Gasteiger charge is 2.05. The number of ether oxygens (including phenoxy) is 1. The molecule has 0 aliphatic heterocycles. The second-order valence-corrected chi connectivity index (χ2v) is 4.93. The Bertz CT molecular complexity index is 731. The van der Waals surface area contributed by atoms with Crippen molar-refractivity contribution < 1.29 is 4.74 Å². The zero-order valence-electron chi connectivity index (χ0n) is 11.5. The SMILES string of the molecule is Cc1ccccc1OCc1cc2c(CN)cccc2[nH]1. The first-order valence-corrected chi connectivity index (χ1v) is 6.76. The maximum Gasteiger partial charge on any atom is 0.128 e. The number of benzene rings is 2. The average Bonchev–Trinajstić information content (AvgIpc) is 2.89. The van der Waals surface area contributed by atoms with Crippen LogP contribution in [-0.2, 0) is 13.2 Å². The standard InChI is InChI=1S/C17H18N2O/c1-12-5-2-3-8-17(12)20-11-14-9-15-13(10-18)6-4-7-16(15)19-14/h2-9,19H,10-11,18H2,1H3. The van der Waals surface area contributed by atoms with E-state index in [1.54, 1.807) is 0 Å². The lowest BCUT2D eigenvalue weighted by molar-refractivity contribution is 0.300. The number of para-hydroxylation sites is 1. The molecule has 0 spiro atoms. The van der Waals surface area contributed by atoms with Gasteiger partial charge in [-0.2, -0.15) is 0 Å². The molecule has 2 aromatic carbocycles. The molecule has 0 radical (unpaired) electrons. The minimum atomic E-state index is 0.531. The number of aromatic nitrogens is 1. The Balaban J connectivity index is 1.83. The van der Waals surface area contributed by atoms with Crippen molar-refractivity contribution in [2.75, 3.05) is 0 Å². The molecular formula is C17H18N2O. The van der Waals surface area contributed by atoms with Crippen LogP contribution < -0.4 is 10.5 Å². The number of fused-ring (bicyclic) bond motifs is 1. The maximum absolute atomic E-state index is 5.86. The van der Waals surface area contributed by atoms with Crippen molar-refractivity contribution in [3.05, 3.63) is 65.4 Å². The molecule has 3 N–H and O–H groups in total. The predicted molar refractivity (Wildman–Crippen MR) is 81.7 cm³/mol. The summed E-state index contributed by atoms with van der Waals surface area (Å²) in [7, 11) is 0. The number of hydrogen-bond donors (Lipinski definition) is 2. The van der Waals surface area contributed by atoms with Gasteiger partial charge in [0.1, 0.15) is 12.4 Å². The van der Waals surface area contributed by atoms with E-state index in [0.717, 1.165) is 28.1 Å². The van der Waals surface area contributed by atoms with Crippen molar-refractivity contribution in [3.8, 4) is 5.75 Å². The molecule has 3 heteroatoms. The molecule has 0 amide bonds. The van der Waals surface area contributed by atoms with Crippen LogP contribution in [0.1, 0.15) is 16.8 Å². The molecule has 0 saturated heterocycles. The van der Waals surface area contributed by atoms with E-state index in [-0.39, 0.29) is 0 Å². The van der Waals surface area contributed by atoms with Crippen LogP contribution in [0.2, 0.25) is 0 Å². The zero-order chi connectivity index (χ0) is 13.9. The lowest BCUT2D eigenvalue weighted by atomic mass is 10.1. The highest BCUT2D eigenvalue weighted by atomic mass is 16.5. The van der Waals surface area contributed by atoms with E-state index in [2.05, 4.69) is 23.2 Å². The Labute approximate surface area is 118 Å². The summed E-state index contributed by atoms with van der Waals surface area (Å²) in [6.45, 7) is 3.13. The smallest absolute Gasteiger partial charge is 0.128 e. The first-order valence-electron chi connectivity index (χ1n) is 6.76. The van der Waals surface area contributed by atoms with Gasteiger partial charge in [0.05, 0.1) is 5.69 Å². The van der Waals surface area contributed by atoms with Crippen LogP contribution in [0, 0.1) is 6.92 Å². The summed E-state index contributed by atoms with van der Waals surface area (Å²) in [6.07, 6.45) is 0. The number of nitrogens with one attached hydrogen (secondary N) is 1. The highest BCUT2D eigenvalue weighted by molar-refractivity contribution is 5.83. The Kier molecular flexibility index (Phi) is 3.44. The van der Waals surface area contributed by atoms with E-state index in [0.29, 0.717) is 13.2 Å². The van der Waals surface area contributed by atoms with Gasteiger partial charge in [-0.25, -0.2) is 0 Å².